The van der Waals surface area contributed by atoms with Crippen LogP contribution in [0.5, 0.6) is 0 Å². The summed E-state index contributed by atoms with van der Waals surface area (Å²) in [7, 11) is -0.947. The van der Waals surface area contributed by atoms with Gasteiger partial charge in [-0.05, 0) is 36.7 Å². The summed E-state index contributed by atoms with van der Waals surface area (Å²) in [4.78, 5) is 0.0445. The summed E-state index contributed by atoms with van der Waals surface area (Å²) in [6.45, 7) is 1.70. The summed E-state index contributed by atoms with van der Waals surface area (Å²) in [5, 5.41) is 2.97. The third-order valence-electron chi connectivity index (χ3n) is 3.03. The topological polar surface area (TPSA) is 49.4 Å². The SMILES string of the molecule is CCc1ccc(S(=O)(=O)N(C)CC(F)F)cc1CNC. The molecule has 114 valence electrons. The van der Waals surface area contributed by atoms with Crippen LogP contribution >= 0.6 is 0 Å². The minimum Gasteiger partial charge on any atom is -0.316 e. The van der Waals surface area contributed by atoms with Gasteiger partial charge in [0.25, 0.3) is 6.43 Å². The first kappa shape index (κ1) is 17.0. The molecule has 0 fully saturated rings. The van der Waals surface area contributed by atoms with E-state index in [1.165, 1.54) is 6.07 Å². The summed E-state index contributed by atoms with van der Waals surface area (Å²) < 4.78 is 49.7. The maximum Gasteiger partial charge on any atom is 0.252 e. The number of nitrogens with zero attached hydrogens (tertiary/aromatic N) is 1. The number of rotatable bonds is 7. The average Bonchev–Trinajstić information content (AvgIpc) is 2.38. The monoisotopic (exact) mass is 306 g/mol. The molecule has 0 aliphatic heterocycles. The molecule has 0 saturated heterocycles. The van der Waals surface area contributed by atoms with Crippen LogP contribution in [0.25, 0.3) is 0 Å². The molecule has 1 aromatic carbocycles. The molecule has 0 aliphatic carbocycles. The van der Waals surface area contributed by atoms with Gasteiger partial charge in [0, 0.05) is 13.6 Å². The van der Waals surface area contributed by atoms with Gasteiger partial charge in [0.1, 0.15) is 0 Å². The summed E-state index contributed by atoms with van der Waals surface area (Å²) in [5.41, 5.74) is 1.90. The maximum atomic E-state index is 12.3. The minimum absolute atomic E-state index is 0.0445. The predicted molar refractivity (Wildman–Crippen MR) is 74.4 cm³/mol. The Hall–Kier alpha value is -1.05. The number of halogens is 2. The van der Waals surface area contributed by atoms with Crippen LogP contribution in [0.2, 0.25) is 0 Å². The van der Waals surface area contributed by atoms with Crippen LogP contribution < -0.4 is 5.32 Å². The standard InChI is InChI=1S/C13H20F2N2O2S/c1-4-10-5-6-12(7-11(10)8-16-2)20(18,19)17(3)9-13(14)15/h5-7,13,16H,4,8-9H2,1-3H3. The van der Waals surface area contributed by atoms with E-state index in [0.29, 0.717) is 10.8 Å². The molecule has 0 amide bonds. The van der Waals surface area contributed by atoms with E-state index < -0.39 is 23.0 Å². The van der Waals surface area contributed by atoms with Crippen LogP contribution in [-0.4, -0.2) is 39.8 Å². The van der Waals surface area contributed by atoms with E-state index in [1.54, 1.807) is 19.2 Å². The van der Waals surface area contributed by atoms with Crippen molar-refractivity contribution in [3.8, 4) is 0 Å². The second-order valence-corrected chi connectivity index (χ2v) is 6.54. The van der Waals surface area contributed by atoms with Crippen molar-refractivity contribution in [1.29, 1.82) is 0 Å². The Labute approximate surface area is 118 Å². The van der Waals surface area contributed by atoms with Gasteiger partial charge < -0.3 is 5.32 Å². The van der Waals surface area contributed by atoms with Crippen LogP contribution in [0, 0.1) is 0 Å². The second kappa shape index (κ2) is 7.10. The van der Waals surface area contributed by atoms with E-state index in [2.05, 4.69) is 5.32 Å². The molecule has 0 aliphatic rings. The average molecular weight is 306 g/mol. The van der Waals surface area contributed by atoms with Crippen LogP contribution in [0.15, 0.2) is 23.1 Å². The van der Waals surface area contributed by atoms with E-state index in [-0.39, 0.29) is 4.90 Å². The van der Waals surface area contributed by atoms with Gasteiger partial charge in [0.05, 0.1) is 11.4 Å². The van der Waals surface area contributed by atoms with Gasteiger partial charge >= 0.3 is 0 Å². The Morgan fingerprint density at radius 2 is 1.95 bits per heavy atom. The summed E-state index contributed by atoms with van der Waals surface area (Å²) in [6.07, 6.45) is -1.91. The van der Waals surface area contributed by atoms with Gasteiger partial charge in [0.2, 0.25) is 10.0 Å². The van der Waals surface area contributed by atoms with Gasteiger partial charge in [-0.3, -0.25) is 0 Å². The first-order chi connectivity index (χ1) is 9.32. The Bertz CT molecular complexity index is 547. The van der Waals surface area contributed by atoms with Gasteiger partial charge in [-0.2, -0.15) is 4.31 Å². The molecule has 1 rings (SSSR count). The highest BCUT2D eigenvalue weighted by Crippen LogP contribution is 2.20. The van der Waals surface area contributed by atoms with E-state index in [1.807, 2.05) is 6.92 Å². The van der Waals surface area contributed by atoms with Crippen LogP contribution in [0.1, 0.15) is 18.1 Å². The van der Waals surface area contributed by atoms with Crippen LogP contribution in [0.4, 0.5) is 8.78 Å². The number of hydrogen-bond acceptors (Lipinski definition) is 3. The molecule has 0 saturated carbocycles. The highest BCUT2D eigenvalue weighted by Gasteiger charge is 2.24. The van der Waals surface area contributed by atoms with Crippen molar-refractivity contribution in [2.75, 3.05) is 20.6 Å². The van der Waals surface area contributed by atoms with Crippen molar-refractivity contribution in [3.63, 3.8) is 0 Å². The molecule has 0 radical (unpaired) electrons. The maximum absolute atomic E-state index is 12.3. The Morgan fingerprint density at radius 1 is 1.30 bits per heavy atom. The number of alkyl halides is 2. The molecule has 0 aromatic heterocycles. The lowest BCUT2D eigenvalue weighted by Gasteiger charge is -2.18. The van der Waals surface area contributed by atoms with Crippen molar-refractivity contribution in [3.05, 3.63) is 29.3 Å². The van der Waals surface area contributed by atoms with E-state index >= 15 is 0 Å². The smallest absolute Gasteiger partial charge is 0.252 e. The van der Waals surface area contributed by atoms with Gasteiger partial charge in [0.15, 0.2) is 0 Å². The predicted octanol–water partition coefficient (Wildman–Crippen LogP) is 1.85. The fourth-order valence-corrected chi connectivity index (χ4v) is 3.14. The lowest BCUT2D eigenvalue weighted by atomic mass is 10.1. The molecule has 1 N–H and O–H groups in total. The molecule has 7 heteroatoms. The van der Waals surface area contributed by atoms with E-state index in [4.69, 9.17) is 0 Å². The zero-order valence-corrected chi connectivity index (χ0v) is 12.7. The van der Waals surface area contributed by atoms with Gasteiger partial charge in [-0.15, -0.1) is 0 Å². The number of sulfonamides is 1. The number of nitrogens with one attached hydrogen (secondary N) is 1. The van der Waals surface area contributed by atoms with Gasteiger partial charge in [-0.1, -0.05) is 13.0 Å². The molecule has 20 heavy (non-hydrogen) atoms. The highest BCUT2D eigenvalue weighted by molar-refractivity contribution is 7.89. The van der Waals surface area contributed by atoms with Gasteiger partial charge in [-0.25, -0.2) is 17.2 Å². The Balaban J connectivity index is 3.15. The molecule has 4 nitrogen and oxygen atoms in total. The fraction of sp³-hybridized carbons (Fsp3) is 0.538. The number of hydrogen-bond donors (Lipinski definition) is 1. The van der Waals surface area contributed by atoms with E-state index in [9.17, 15) is 17.2 Å². The van der Waals surface area contributed by atoms with Crippen molar-refractivity contribution >= 4 is 10.0 Å². The molecular formula is C13H20F2N2O2S. The van der Waals surface area contributed by atoms with Crippen molar-refractivity contribution < 1.29 is 17.2 Å². The second-order valence-electron chi connectivity index (χ2n) is 4.49. The third kappa shape index (κ3) is 3.97. The summed E-state index contributed by atoms with van der Waals surface area (Å²) in [5.74, 6) is 0. The highest BCUT2D eigenvalue weighted by atomic mass is 32.2. The molecule has 0 atom stereocenters. The lowest BCUT2D eigenvalue weighted by Crippen LogP contribution is -2.31. The quantitative estimate of drug-likeness (QED) is 0.836. The van der Waals surface area contributed by atoms with Crippen molar-refractivity contribution in [2.45, 2.75) is 31.2 Å². The minimum atomic E-state index is -3.87. The summed E-state index contributed by atoms with van der Waals surface area (Å²) >= 11 is 0. The zero-order valence-electron chi connectivity index (χ0n) is 11.9. The molecule has 0 bridgehead atoms. The third-order valence-corrected chi connectivity index (χ3v) is 4.85. The largest absolute Gasteiger partial charge is 0.316 e. The zero-order chi connectivity index (χ0) is 15.3. The number of aryl methyl sites for hydroxylation is 1. The van der Waals surface area contributed by atoms with Crippen LogP contribution in [0.3, 0.4) is 0 Å². The first-order valence-corrected chi connectivity index (χ1v) is 7.77. The lowest BCUT2D eigenvalue weighted by molar-refractivity contribution is 0.126. The molecular weight excluding hydrogens is 286 g/mol. The molecule has 0 spiro atoms. The molecule has 0 heterocycles. The fourth-order valence-electron chi connectivity index (χ4n) is 1.94. The Kier molecular flexibility index (Phi) is 6.04. The first-order valence-electron chi connectivity index (χ1n) is 6.33. The van der Waals surface area contributed by atoms with E-state index in [0.717, 1.165) is 24.6 Å². The number of benzene rings is 1. The molecule has 0 unspecified atom stereocenters. The van der Waals surface area contributed by atoms with Crippen molar-refractivity contribution in [1.82, 2.24) is 9.62 Å². The van der Waals surface area contributed by atoms with Crippen molar-refractivity contribution in [2.24, 2.45) is 0 Å². The summed E-state index contributed by atoms with van der Waals surface area (Å²) in [6, 6.07) is 4.75. The van der Waals surface area contributed by atoms with Crippen LogP contribution in [-0.2, 0) is 23.0 Å². The Morgan fingerprint density at radius 3 is 2.45 bits per heavy atom. The molecule has 1 aromatic rings. The normalized spacial score (nSPS) is 12.3.